The molecule has 4 heteroatoms. The van der Waals surface area contributed by atoms with E-state index in [1.165, 1.54) is 0 Å². The van der Waals surface area contributed by atoms with Crippen molar-refractivity contribution in [3.63, 3.8) is 0 Å². The Hall–Kier alpha value is -2.46. The van der Waals surface area contributed by atoms with Gasteiger partial charge in [0.05, 0.1) is 6.04 Å². The van der Waals surface area contributed by atoms with E-state index in [0.29, 0.717) is 11.3 Å². The van der Waals surface area contributed by atoms with Gasteiger partial charge in [-0.3, -0.25) is 9.59 Å². The fourth-order valence-corrected chi connectivity index (χ4v) is 3.10. The van der Waals surface area contributed by atoms with E-state index in [1.54, 1.807) is 25.1 Å². The van der Waals surface area contributed by atoms with Gasteiger partial charge in [0, 0.05) is 17.7 Å². The first-order chi connectivity index (χ1) is 10.5. The molecule has 0 saturated heterocycles. The number of anilines is 1. The maximum atomic E-state index is 12.7. The fraction of sp³-hybridized carbons (Fsp3) is 0.222. The summed E-state index contributed by atoms with van der Waals surface area (Å²) in [6, 6.07) is 12.3. The molecule has 1 aliphatic rings. The van der Waals surface area contributed by atoms with Gasteiger partial charge in [0.2, 0.25) is 0 Å². The van der Waals surface area contributed by atoms with E-state index in [9.17, 15) is 9.59 Å². The molecule has 2 aromatic rings. The van der Waals surface area contributed by atoms with Crippen LogP contribution in [0.15, 0.2) is 42.5 Å². The standard InChI is InChI=1S/C18H18N2O2/c1-10(19)18(22)17-13-7-4-8-14(20)16(13)12-6-3-2-5-11(12)9-15(17)21/h2-8,10,17H,9,19-20H2,1H3/t10-,17?/m0/s1. The number of rotatable bonds is 2. The summed E-state index contributed by atoms with van der Waals surface area (Å²) >= 11 is 0. The molecule has 0 amide bonds. The Bertz CT molecular complexity index is 765. The highest BCUT2D eigenvalue weighted by Gasteiger charge is 2.35. The van der Waals surface area contributed by atoms with E-state index < -0.39 is 12.0 Å². The molecule has 4 N–H and O–H groups in total. The first-order valence-corrected chi connectivity index (χ1v) is 7.29. The number of ketones is 2. The molecule has 0 bridgehead atoms. The number of Topliss-reactive ketones (excluding diaryl/α,β-unsaturated/α-hetero) is 2. The second-order valence-electron chi connectivity index (χ2n) is 5.74. The van der Waals surface area contributed by atoms with Gasteiger partial charge in [0.25, 0.3) is 0 Å². The summed E-state index contributed by atoms with van der Waals surface area (Å²) in [5, 5.41) is 0. The zero-order chi connectivity index (χ0) is 15.9. The normalized spacial score (nSPS) is 18.1. The molecule has 112 valence electrons. The maximum Gasteiger partial charge on any atom is 0.164 e. The van der Waals surface area contributed by atoms with Gasteiger partial charge in [-0.1, -0.05) is 36.4 Å². The van der Waals surface area contributed by atoms with Crippen molar-refractivity contribution in [3.8, 4) is 11.1 Å². The van der Waals surface area contributed by atoms with Crippen LogP contribution in [0.1, 0.15) is 24.0 Å². The number of hydrogen-bond acceptors (Lipinski definition) is 4. The predicted octanol–water partition coefficient (Wildman–Crippen LogP) is 2.06. The molecule has 0 aromatic heterocycles. The van der Waals surface area contributed by atoms with E-state index in [-0.39, 0.29) is 18.0 Å². The molecule has 1 unspecified atom stereocenters. The highest BCUT2D eigenvalue weighted by molar-refractivity contribution is 6.13. The zero-order valence-corrected chi connectivity index (χ0v) is 12.4. The Morgan fingerprint density at radius 2 is 1.91 bits per heavy atom. The first-order valence-electron chi connectivity index (χ1n) is 7.29. The van der Waals surface area contributed by atoms with Gasteiger partial charge in [-0.05, 0) is 29.7 Å². The quantitative estimate of drug-likeness (QED) is 0.655. The molecule has 1 aliphatic carbocycles. The van der Waals surface area contributed by atoms with Gasteiger partial charge < -0.3 is 11.5 Å². The topological polar surface area (TPSA) is 86.2 Å². The van der Waals surface area contributed by atoms with E-state index in [0.717, 1.165) is 16.7 Å². The predicted molar refractivity (Wildman–Crippen MR) is 86.4 cm³/mol. The molecule has 2 atom stereocenters. The number of fused-ring (bicyclic) bond motifs is 3. The number of nitrogens with two attached hydrogens (primary N) is 2. The minimum atomic E-state index is -0.842. The van der Waals surface area contributed by atoms with Gasteiger partial charge in [-0.15, -0.1) is 0 Å². The van der Waals surface area contributed by atoms with Crippen LogP contribution in [0.2, 0.25) is 0 Å². The SMILES string of the molecule is C[C@H](N)C(=O)C1C(=O)Cc2ccccc2-c2c(N)cccc21. The van der Waals surface area contributed by atoms with Crippen LogP contribution in [0.3, 0.4) is 0 Å². The molecule has 3 rings (SSSR count). The molecular weight excluding hydrogens is 276 g/mol. The zero-order valence-electron chi connectivity index (χ0n) is 12.4. The van der Waals surface area contributed by atoms with Gasteiger partial charge in [0.15, 0.2) is 11.6 Å². The van der Waals surface area contributed by atoms with Crippen LogP contribution < -0.4 is 11.5 Å². The Balaban J connectivity index is 2.31. The van der Waals surface area contributed by atoms with Gasteiger partial charge in [-0.2, -0.15) is 0 Å². The van der Waals surface area contributed by atoms with Crippen LogP contribution >= 0.6 is 0 Å². The van der Waals surface area contributed by atoms with Crippen molar-refractivity contribution in [1.82, 2.24) is 0 Å². The summed E-state index contributed by atoms with van der Waals surface area (Å²) in [7, 11) is 0. The summed E-state index contributed by atoms with van der Waals surface area (Å²) < 4.78 is 0. The minimum Gasteiger partial charge on any atom is -0.398 e. The van der Waals surface area contributed by atoms with Crippen LogP contribution in [0.25, 0.3) is 11.1 Å². The Morgan fingerprint density at radius 1 is 1.18 bits per heavy atom. The summed E-state index contributed by atoms with van der Waals surface area (Å²) in [4.78, 5) is 25.2. The Morgan fingerprint density at radius 3 is 2.64 bits per heavy atom. The smallest absolute Gasteiger partial charge is 0.164 e. The number of carbonyl (C=O) groups excluding carboxylic acids is 2. The lowest BCUT2D eigenvalue weighted by atomic mass is 9.84. The van der Waals surface area contributed by atoms with Crippen molar-refractivity contribution in [2.75, 3.05) is 5.73 Å². The van der Waals surface area contributed by atoms with Gasteiger partial charge in [0.1, 0.15) is 5.92 Å². The molecular formula is C18H18N2O2. The van der Waals surface area contributed by atoms with E-state index in [4.69, 9.17) is 11.5 Å². The van der Waals surface area contributed by atoms with Crippen molar-refractivity contribution in [3.05, 3.63) is 53.6 Å². The molecule has 0 saturated carbocycles. The third-order valence-electron chi connectivity index (χ3n) is 4.15. The third kappa shape index (κ3) is 2.22. The van der Waals surface area contributed by atoms with Crippen LogP contribution in [0, 0.1) is 0 Å². The largest absolute Gasteiger partial charge is 0.398 e. The van der Waals surface area contributed by atoms with Crippen molar-refractivity contribution in [2.45, 2.75) is 25.3 Å². The van der Waals surface area contributed by atoms with E-state index in [2.05, 4.69) is 0 Å². The highest BCUT2D eigenvalue weighted by atomic mass is 16.2. The Kier molecular flexibility index (Phi) is 3.54. The molecule has 22 heavy (non-hydrogen) atoms. The van der Waals surface area contributed by atoms with Crippen LogP contribution in [0.4, 0.5) is 5.69 Å². The molecule has 0 radical (unpaired) electrons. The van der Waals surface area contributed by atoms with Gasteiger partial charge >= 0.3 is 0 Å². The third-order valence-corrected chi connectivity index (χ3v) is 4.15. The Labute approximate surface area is 129 Å². The van der Waals surface area contributed by atoms with Crippen molar-refractivity contribution >= 4 is 17.3 Å². The molecule has 0 aliphatic heterocycles. The summed E-state index contributed by atoms with van der Waals surface area (Å²) in [6.45, 7) is 1.61. The number of benzene rings is 2. The van der Waals surface area contributed by atoms with E-state index in [1.807, 2.05) is 24.3 Å². The summed E-state index contributed by atoms with van der Waals surface area (Å²) in [5.41, 5.74) is 15.7. The highest BCUT2D eigenvalue weighted by Crippen LogP contribution is 2.40. The number of carbonyl (C=O) groups is 2. The fourth-order valence-electron chi connectivity index (χ4n) is 3.10. The number of nitrogen functional groups attached to an aromatic ring is 1. The van der Waals surface area contributed by atoms with Crippen molar-refractivity contribution in [2.24, 2.45) is 5.73 Å². The van der Waals surface area contributed by atoms with Crippen LogP contribution in [0.5, 0.6) is 0 Å². The first kappa shape index (κ1) is 14.5. The van der Waals surface area contributed by atoms with E-state index >= 15 is 0 Å². The lowest BCUT2D eigenvalue weighted by Gasteiger charge is -2.18. The van der Waals surface area contributed by atoms with Gasteiger partial charge in [-0.25, -0.2) is 0 Å². The van der Waals surface area contributed by atoms with Crippen LogP contribution in [-0.4, -0.2) is 17.6 Å². The second kappa shape index (κ2) is 5.39. The lowest BCUT2D eigenvalue weighted by molar-refractivity contribution is -0.129. The van der Waals surface area contributed by atoms with Crippen LogP contribution in [-0.2, 0) is 16.0 Å². The molecule has 0 fully saturated rings. The monoisotopic (exact) mass is 294 g/mol. The van der Waals surface area contributed by atoms with Crippen molar-refractivity contribution < 1.29 is 9.59 Å². The average molecular weight is 294 g/mol. The number of hydrogen-bond donors (Lipinski definition) is 2. The molecule has 0 spiro atoms. The second-order valence-corrected chi connectivity index (χ2v) is 5.74. The molecule has 2 aromatic carbocycles. The molecule has 4 nitrogen and oxygen atoms in total. The molecule has 0 heterocycles. The van der Waals surface area contributed by atoms with Crippen molar-refractivity contribution in [1.29, 1.82) is 0 Å². The minimum absolute atomic E-state index is 0.126. The lowest BCUT2D eigenvalue weighted by Crippen LogP contribution is -2.35. The maximum absolute atomic E-state index is 12.7. The summed E-state index contributed by atoms with van der Waals surface area (Å²) in [5.74, 6) is -1.23. The average Bonchev–Trinajstić information content (AvgIpc) is 2.60. The summed E-state index contributed by atoms with van der Waals surface area (Å²) in [6.07, 6.45) is 0.216.